The van der Waals surface area contributed by atoms with Crippen molar-refractivity contribution in [3.8, 4) is 0 Å². The molecule has 9 heteroatoms. The van der Waals surface area contributed by atoms with E-state index in [-0.39, 0.29) is 17.4 Å². The summed E-state index contributed by atoms with van der Waals surface area (Å²) in [5.41, 5.74) is 6.49. The lowest BCUT2D eigenvalue weighted by molar-refractivity contribution is 0.570. The zero-order valence-electron chi connectivity index (χ0n) is 11.3. The first kappa shape index (κ1) is 15.8. The minimum Gasteiger partial charge on any atom is -0.398 e. The Morgan fingerprint density at radius 1 is 1.38 bits per heavy atom. The molecule has 0 saturated carbocycles. The number of anilines is 2. The van der Waals surface area contributed by atoms with Gasteiger partial charge in [-0.15, -0.1) is 0 Å². The maximum absolute atomic E-state index is 13.8. The molecule has 21 heavy (non-hydrogen) atoms. The van der Waals surface area contributed by atoms with Crippen LogP contribution in [-0.2, 0) is 10.0 Å². The van der Waals surface area contributed by atoms with Gasteiger partial charge in [-0.05, 0) is 34.0 Å². The first-order valence-electron chi connectivity index (χ1n) is 6.03. The first-order chi connectivity index (χ1) is 9.70. The van der Waals surface area contributed by atoms with Crippen LogP contribution in [0.3, 0.4) is 0 Å². The number of nitrogens with two attached hydrogens (primary N) is 1. The molecule has 0 aliphatic heterocycles. The quantitative estimate of drug-likeness (QED) is 0.714. The van der Waals surface area contributed by atoms with E-state index in [0.717, 1.165) is 17.8 Å². The Bertz CT molecular complexity index is 774. The number of hydrogen-bond donors (Lipinski definition) is 3. The molecule has 1 aromatic carbocycles. The van der Waals surface area contributed by atoms with Crippen molar-refractivity contribution in [3.63, 3.8) is 0 Å². The van der Waals surface area contributed by atoms with Gasteiger partial charge >= 0.3 is 0 Å². The smallest absolute Gasteiger partial charge is 0.266 e. The molecular formula is C12H14BrFN4O2S. The normalized spacial score (nSPS) is 11.9. The molecule has 0 aliphatic carbocycles. The number of nitrogens with one attached hydrogen (secondary N) is 2. The number of rotatable bonds is 4. The van der Waals surface area contributed by atoms with Gasteiger partial charge in [-0.3, -0.25) is 9.82 Å². The molecule has 2 rings (SSSR count). The number of H-pyrrole nitrogens is 1. The van der Waals surface area contributed by atoms with Crippen molar-refractivity contribution < 1.29 is 12.8 Å². The zero-order valence-corrected chi connectivity index (χ0v) is 13.7. The van der Waals surface area contributed by atoms with Gasteiger partial charge in [0.05, 0.1) is 0 Å². The molecule has 6 nitrogen and oxygen atoms in total. The molecule has 1 heterocycles. The molecule has 2 aromatic rings. The van der Waals surface area contributed by atoms with Crippen LogP contribution in [-0.4, -0.2) is 18.6 Å². The Kier molecular flexibility index (Phi) is 4.24. The molecule has 0 amide bonds. The third-order valence-electron chi connectivity index (χ3n) is 2.80. The molecule has 0 atom stereocenters. The molecule has 1 aromatic heterocycles. The number of halogens is 2. The molecule has 114 valence electrons. The largest absolute Gasteiger partial charge is 0.398 e. The van der Waals surface area contributed by atoms with E-state index in [9.17, 15) is 12.8 Å². The van der Waals surface area contributed by atoms with Gasteiger partial charge in [0.15, 0.2) is 5.82 Å². The number of nitrogen functional groups attached to an aromatic ring is 1. The third kappa shape index (κ3) is 3.35. The second kappa shape index (κ2) is 5.64. The van der Waals surface area contributed by atoms with Gasteiger partial charge in [0, 0.05) is 21.9 Å². The van der Waals surface area contributed by atoms with Crippen molar-refractivity contribution >= 4 is 37.5 Å². The van der Waals surface area contributed by atoms with Crippen molar-refractivity contribution in [3.05, 3.63) is 34.2 Å². The highest BCUT2D eigenvalue weighted by molar-refractivity contribution is 9.10. The Morgan fingerprint density at radius 2 is 2.05 bits per heavy atom. The van der Waals surface area contributed by atoms with Gasteiger partial charge in [0.2, 0.25) is 0 Å². The van der Waals surface area contributed by atoms with E-state index in [1.807, 2.05) is 13.8 Å². The molecule has 0 bridgehead atoms. The van der Waals surface area contributed by atoms with Crippen LogP contribution >= 0.6 is 15.9 Å². The van der Waals surface area contributed by atoms with Crippen molar-refractivity contribution in [1.29, 1.82) is 0 Å². The standard InChI is InChI=1S/C12H14BrFN4O2S/c1-6(2)10-5-12(17-16-10)18-21(19,20)11-4-9(15)7(13)3-8(11)14/h3-6H,15H2,1-2H3,(H2,16,17,18). The summed E-state index contributed by atoms with van der Waals surface area (Å²) in [6, 6.07) is 3.62. The molecular weight excluding hydrogens is 363 g/mol. The summed E-state index contributed by atoms with van der Waals surface area (Å²) in [5, 5.41) is 6.55. The minimum absolute atomic E-state index is 0.0968. The summed E-state index contributed by atoms with van der Waals surface area (Å²) >= 11 is 3.04. The van der Waals surface area contributed by atoms with Crippen LogP contribution < -0.4 is 10.5 Å². The lowest BCUT2D eigenvalue weighted by atomic mass is 10.1. The maximum Gasteiger partial charge on any atom is 0.266 e. The van der Waals surface area contributed by atoms with Crippen molar-refractivity contribution in [2.45, 2.75) is 24.7 Å². The summed E-state index contributed by atoms with van der Waals surface area (Å²) in [5.74, 6) is -0.640. The van der Waals surface area contributed by atoms with E-state index in [4.69, 9.17) is 5.73 Å². The first-order valence-corrected chi connectivity index (χ1v) is 8.31. The number of sulfonamides is 1. The monoisotopic (exact) mass is 376 g/mol. The van der Waals surface area contributed by atoms with Crippen LogP contribution in [0.25, 0.3) is 0 Å². The third-order valence-corrected chi connectivity index (χ3v) is 4.86. The summed E-state index contributed by atoms with van der Waals surface area (Å²) < 4.78 is 40.7. The van der Waals surface area contributed by atoms with E-state index in [1.165, 1.54) is 0 Å². The number of hydrogen-bond acceptors (Lipinski definition) is 4. The fraction of sp³-hybridized carbons (Fsp3) is 0.250. The van der Waals surface area contributed by atoms with Gasteiger partial charge < -0.3 is 5.73 Å². The Hall–Kier alpha value is -1.61. The second-order valence-electron chi connectivity index (χ2n) is 4.77. The summed E-state index contributed by atoms with van der Waals surface area (Å²) in [6.45, 7) is 3.86. The number of aromatic nitrogens is 2. The predicted molar refractivity (Wildman–Crippen MR) is 82.0 cm³/mol. The van der Waals surface area contributed by atoms with E-state index in [0.29, 0.717) is 4.47 Å². The van der Waals surface area contributed by atoms with Gasteiger partial charge in [0.1, 0.15) is 10.7 Å². The highest BCUT2D eigenvalue weighted by atomic mass is 79.9. The maximum atomic E-state index is 13.8. The van der Waals surface area contributed by atoms with Crippen molar-refractivity contribution in [2.75, 3.05) is 10.5 Å². The highest BCUT2D eigenvalue weighted by Gasteiger charge is 2.22. The van der Waals surface area contributed by atoms with Gasteiger partial charge in [-0.25, -0.2) is 12.8 Å². The van der Waals surface area contributed by atoms with Gasteiger partial charge in [-0.1, -0.05) is 13.8 Å². The topological polar surface area (TPSA) is 101 Å². The van der Waals surface area contributed by atoms with Crippen LogP contribution in [0.2, 0.25) is 0 Å². The van der Waals surface area contributed by atoms with Crippen LogP contribution in [0, 0.1) is 5.82 Å². The lowest BCUT2D eigenvalue weighted by Crippen LogP contribution is -2.15. The predicted octanol–water partition coefficient (Wildman–Crippen LogP) is 2.82. The molecule has 0 unspecified atom stereocenters. The molecule has 0 spiro atoms. The van der Waals surface area contributed by atoms with E-state index >= 15 is 0 Å². The van der Waals surface area contributed by atoms with Crippen LogP contribution in [0.15, 0.2) is 27.6 Å². The van der Waals surface area contributed by atoms with E-state index < -0.39 is 20.7 Å². The minimum atomic E-state index is -4.10. The SMILES string of the molecule is CC(C)c1cc(NS(=O)(=O)c2cc(N)c(Br)cc2F)n[nH]1. The molecule has 0 radical (unpaired) electrons. The number of aromatic amines is 1. The fourth-order valence-corrected chi connectivity index (χ4v) is 3.03. The van der Waals surface area contributed by atoms with E-state index in [2.05, 4.69) is 30.8 Å². The van der Waals surface area contributed by atoms with Crippen LogP contribution in [0.4, 0.5) is 15.9 Å². The number of nitrogens with zero attached hydrogens (tertiary/aromatic N) is 1. The lowest BCUT2D eigenvalue weighted by Gasteiger charge is -2.08. The number of benzene rings is 1. The zero-order chi connectivity index (χ0) is 15.8. The van der Waals surface area contributed by atoms with Crippen LogP contribution in [0.5, 0.6) is 0 Å². The summed E-state index contributed by atoms with van der Waals surface area (Å²) in [6.07, 6.45) is 0. The Labute approximate surface area is 130 Å². The summed E-state index contributed by atoms with van der Waals surface area (Å²) in [4.78, 5) is -0.530. The fourth-order valence-electron chi connectivity index (χ4n) is 1.63. The Balaban J connectivity index is 2.36. The van der Waals surface area contributed by atoms with Crippen LogP contribution in [0.1, 0.15) is 25.5 Å². The van der Waals surface area contributed by atoms with Gasteiger partial charge in [0.25, 0.3) is 10.0 Å². The van der Waals surface area contributed by atoms with E-state index in [1.54, 1.807) is 6.07 Å². The second-order valence-corrected chi connectivity index (χ2v) is 7.28. The average Bonchev–Trinajstić information content (AvgIpc) is 2.81. The summed E-state index contributed by atoms with van der Waals surface area (Å²) in [7, 11) is -4.10. The molecule has 4 N–H and O–H groups in total. The molecule has 0 fully saturated rings. The highest BCUT2D eigenvalue weighted by Crippen LogP contribution is 2.27. The Morgan fingerprint density at radius 3 is 2.62 bits per heavy atom. The average molecular weight is 377 g/mol. The molecule has 0 saturated heterocycles. The van der Waals surface area contributed by atoms with Gasteiger partial charge in [-0.2, -0.15) is 5.10 Å². The van der Waals surface area contributed by atoms with Crippen molar-refractivity contribution in [1.82, 2.24) is 10.2 Å². The van der Waals surface area contributed by atoms with Crippen molar-refractivity contribution in [2.24, 2.45) is 0 Å². The molecule has 0 aliphatic rings.